The van der Waals surface area contributed by atoms with E-state index in [1.165, 1.54) is 29.7 Å². The van der Waals surface area contributed by atoms with E-state index < -0.39 is 42.1 Å². The molecule has 2 aromatic rings. The molecule has 4 rings (SSSR count). The van der Waals surface area contributed by atoms with E-state index >= 15 is 0 Å². The minimum atomic E-state index is -3.37. The minimum absolute atomic E-state index is 0.266. The number of hydrogen-bond donors (Lipinski definition) is 2. The van der Waals surface area contributed by atoms with Gasteiger partial charge in [-0.2, -0.15) is 8.78 Å². The Kier molecular flexibility index (Phi) is 5.70. The second-order valence-corrected chi connectivity index (χ2v) is 9.04. The summed E-state index contributed by atoms with van der Waals surface area (Å²) in [5.41, 5.74) is -1.67. The highest BCUT2D eigenvalue weighted by atomic mass is 32.1. The molecular weight excluding hydrogens is 446 g/mol. The number of hydrogen-bond acceptors (Lipinski definition) is 6. The summed E-state index contributed by atoms with van der Waals surface area (Å²) in [6, 6.07) is 0.662. The quantitative estimate of drug-likeness (QED) is 0.461. The number of rotatable bonds is 8. The molecule has 32 heavy (non-hydrogen) atoms. The molecule has 1 saturated carbocycles. The maximum Gasteiger partial charge on any atom is 0.296 e. The Hall–Kier alpha value is -2.59. The number of aryl methyl sites for hydroxylation is 1. The third kappa shape index (κ3) is 3.86. The van der Waals surface area contributed by atoms with Gasteiger partial charge in [0.25, 0.3) is 5.92 Å². The van der Waals surface area contributed by atoms with Gasteiger partial charge in [0, 0.05) is 32.5 Å². The molecule has 2 aliphatic rings. The van der Waals surface area contributed by atoms with Crippen molar-refractivity contribution < 1.29 is 27.5 Å². The number of alkyl halides is 4. The van der Waals surface area contributed by atoms with Crippen LogP contribution in [-0.2, 0) is 10.7 Å². The molecule has 0 radical (unpaired) electrons. The molecule has 0 saturated heterocycles. The van der Waals surface area contributed by atoms with Crippen molar-refractivity contribution in [2.75, 3.05) is 11.9 Å². The molecule has 2 aromatic heterocycles. The number of nitrogens with one attached hydrogen (secondary N) is 1. The molecule has 0 spiro atoms. The molecule has 0 aliphatic heterocycles. The molecule has 0 aromatic carbocycles. The van der Waals surface area contributed by atoms with E-state index in [0.29, 0.717) is 27.1 Å². The van der Waals surface area contributed by atoms with E-state index in [4.69, 9.17) is 5.11 Å². The first kappa shape index (κ1) is 22.6. The monoisotopic (exact) mass is 467 g/mol. The molecule has 2 atom stereocenters. The van der Waals surface area contributed by atoms with E-state index in [0.717, 1.165) is 11.3 Å². The molecule has 170 valence electrons. The van der Waals surface area contributed by atoms with Crippen LogP contribution in [0.3, 0.4) is 0 Å². The molecular formula is C22H21F4N3O2S. The van der Waals surface area contributed by atoms with Gasteiger partial charge in [-0.1, -0.05) is 12.2 Å². The van der Waals surface area contributed by atoms with Crippen LogP contribution in [0.4, 0.5) is 23.4 Å². The summed E-state index contributed by atoms with van der Waals surface area (Å²) in [6.07, 6.45) is 2.19. The molecule has 2 N–H and O–H groups in total. The molecule has 5 nitrogen and oxygen atoms in total. The molecule has 1 fully saturated rings. The predicted octanol–water partition coefficient (Wildman–Crippen LogP) is 3.08. The fourth-order valence-corrected chi connectivity index (χ4v) is 4.91. The van der Waals surface area contributed by atoms with E-state index in [1.54, 1.807) is 6.92 Å². The van der Waals surface area contributed by atoms with Crippen molar-refractivity contribution in [1.29, 1.82) is 0 Å². The number of anilines is 1. The number of aliphatic hydroxyl groups is 1. The number of halogens is 4. The highest BCUT2D eigenvalue weighted by Gasteiger charge is 2.58. The lowest BCUT2D eigenvalue weighted by molar-refractivity contribution is -0.119. The average molecular weight is 467 g/mol. The number of thiophene rings is 1. The number of ketones is 1. The van der Waals surface area contributed by atoms with Crippen molar-refractivity contribution in [3.63, 3.8) is 0 Å². The van der Waals surface area contributed by atoms with Crippen LogP contribution in [0.5, 0.6) is 0 Å². The van der Waals surface area contributed by atoms with E-state index in [-0.39, 0.29) is 18.4 Å². The Morgan fingerprint density at radius 3 is 2.72 bits per heavy atom. The van der Waals surface area contributed by atoms with Gasteiger partial charge in [0.05, 0.1) is 17.3 Å². The summed E-state index contributed by atoms with van der Waals surface area (Å²) < 4.78 is 55.0. The SMILES string of the molecule is C=C[C@@H](Nc1nc(C)nc2c1=CC(C1(C(F)F)CC1)C(=O)C=2)c1cc(C(F)(F)CO)cs1. The second-order valence-electron chi connectivity index (χ2n) is 8.10. The minimum Gasteiger partial charge on any atom is -0.390 e. The van der Waals surface area contributed by atoms with Gasteiger partial charge in [0.2, 0.25) is 6.43 Å². The lowest BCUT2D eigenvalue weighted by Crippen LogP contribution is -2.42. The highest BCUT2D eigenvalue weighted by molar-refractivity contribution is 7.10. The van der Waals surface area contributed by atoms with Crippen LogP contribution in [0.1, 0.15) is 35.1 Å². The Morgan fingerprint density at radius 1 is 1.41 bits per heavy atom. The summed E-state index contributed by atoms with van der Waals surface area (Å²) in [5.74, 6) is -4.08. The van der Waals surface area contributed by atoms with E-state index in [9.17, 15) is 22.4 Å². The number of nitrogens with zero attached hydrogens (tertiary/aromatic N) is 2. The van der Waals surface area contributed by atoms with Crippen LogP contribution >= 0.6 is 11.3 Å². The number of Topliss-reactive ketones (excluding diaryl/α,β-unsaturated/α-hetero) is 1. The third-order valence-corrected chi connectivity index (χ3v) is 6.98. The van der Waals surface area contributed by atoms with Crippen molar-refractivity contribution in [2.24, 2.45) is 11.3 Å². The third-order valence-electron chi connectivity index (χ3n) is 5.96. The number of carbonyl (C=O) groups is 1. The van der Waals surface area contributed by atoms with Crippen LogP contribution in [0.2, 0.25) is 0 Å². The molecule has 10 heteroatoms. The van der Waals surface area contributed by atoms with Gasteiger partial charge in [-0.05, 0) is 25.8 Å². The zero-order valence-corrected chi connectivity index (χ0v) is 17.9. The summed E-state index contributed by atoms with van der Waals surface area (Å²) >= 11 is 1.06. The standard InChI is InChI=1S/C22H21F4N3O2S/c1-3-15(18-6-12(9-32-18)22(25,26)10-30)29-19-13-7-14(21(4-5-21)20(23)24)17(31)8-16(13)27-11(2)28-19/h3,6-9,14-15,20,30H,1,4-5,10H2,2H3,(H,27,28,29)/t14?,15-/m1/s1. The van der Waals surface area contributed by atoms with Crippen LogP contribution in [0, 0.1) is 18.3 Å². The van der Waals surface area contributed by atoms with Crippen molar-refractivity contribution in [3.8, 4) is 0 Å². The van der Waals surface area contributed by atoms with Gasteiger partial charge in [0.1, 0.15) is 18.2 Å². The van der Waals surface area contributed by atoms with Gasteiger partial charge in [0.15, 0.2) is 5.78 Å². The van der Waals surface area contributed by atoms with Crippen LogP contribution in [0.25, 0.3) is 12.2 Å². The van der Waals surface area contributed by atoms with Gasteiger partial charge in [-0.3, -0.25) is 4.79 Å². The number of aromatic nitrogens is 2. The second kappa shape index (κ2) is 8.08. The Morgan fingerprint density at radius 2 is 2.12 bits per heavy atom. The lowest BCUT2D eigenvalue weighted by Gasteiger charge is -2.24. The van der Waals surface area contributed by atoms with Crippen molar-refractivity contribution in [2.45, 2.75) is 38.2 Å². The topological polar surface area (TPSA) is 75.1 Å². The Bertz CT molecular complexity index is 1190. The predicted molar refractivity (Wildman–Crippen MR) is 113 cm³/mol. The smallest absolute Gasteiger partial charge is 0.296 e. The largest absolute Gasteiger partial charge is 0.390 e. The first-order valence-corrected chi connectivity index (χ1v) is 10.9. The summed E-state index contributed by atoms with van der Waals surface area (Å²) in [5, 5.41) is 14.1. The van der Waals surface area contributed by atoms with Crippen molar-refractivity contribution >= 4 is 35.1 Å². The van der Waals surface area contributed by atoms with Gasteiger partial charge >= 0.3 is 0 Å². The normalized spacial score (nSPS) is 20.2. The summed E-state index contributed by atoms with van der Waals surface area (Å²) in [7, 11) is 0. The van der Waals surface area contributed by atoms with Gasteiger partial charge < -0.3 is 10.4 Å². The molecule has 0 bridgehead atoms. The van der Waals surface area contributed by atoms with Crippen molar-refractivity contribution in [3.05, 3.63) is 50.9 Å². The number of aliphatic hydroxyl groups excluding tert-OH is 1. The zero-order chi connectivity index (χ0) is 23.3. The zero-order valence-electron chi connectivity index (χ0n) is 17.1. The van der Waals surface area contributed by atoms with Crippen molar-refractivity contribution in [1.82, 2.24) is 9.97 Å². The first-order chi connectivity index (χ1) is 15.1. The maximum absolute atomic E-state index is 13.8. The molecule has 1 unspecified atom stereocenters. The Labute approximate surface area is 185 Å². The van der Waals surface area contributed by atoms with E-state index in [1.807, 2.05) is 0 Å². The van der Waals surface area contributed by atoms with Crippen LogP contribution in [0.15, 0.2) is 24.1 Å². The maximum atomic E-state index is 13.8. The summed E-state index contributed by atoms with van der Waals surface area (Å²) in [6.45, 7) is 4.08. The van der Waals surface area contributed by atoms with Gasteiger partial charge in [-0.15, -0.1) is 17.9 Å². The molecule has 0 amide bonds. The fourth-order valence-electron chi connectivity index (χ4n) is 3.91. The molecule has 2 aliphatic carbocycles. The van der Waals surface area contributed by atoms with E-state index in [2.05, 4.69) is 21.9 Å². The lowest BCUT2D eigenvalue weighted by atomic mass is 9.83. The van der Waals surface area contributed by atoms with Crippen LogP contribution in [-0.4, -0.2) is 33.9 Å². The van der Waals surface area contributed by atoms with Crippen LogP contribution < -0.4 is 15.9 Å². The number of fused-ring (bicyclic) bond motifs is 1. The fraction of sp³-hybridized carbons (Fsp3) is 0.409. The summed E-state index contributed by atoms with van der Waals surface area (Å²) in [4.78, 5) is 21.7. The average Bonchev–Trinajstić information content (AvgIpc) is 3.40. The Balaban J connectivity index is 1.74. The van der Waals surface area contributed by atoms with Gasteiger partial charge in [-0.25, -0.2) is 18.7 Å². The number of carbonyl (C=O) groups excluding carboxylic acids is 1. The molecule has 2 heterocycles. The highest BCUT2D eigenvalue weighted by Crippen LogP contribution is 2.57. The first-order valence-electron chi connectivity index (χ1n) is 9.98.